The van der Waals surface area contributed by atoms with Gasteiger partial charge in [0.25, 0.3) is 0 Å². The van der Waals surface area contributed by atoms with E-state index in [-0.39, 0.29) is 12.4 Å². The molecule has 1 heterocycles. The smallest absolute Gasteiger partial charge is 0.335 e. The minimum absolute atomic E-state index is 0. The van der Waals surface area contributed by atoms with Crippen LogP contribution in [0.4, 0.5) is 0 Å². The molecule has 20 heavy (non-hydrogen) atoms. The van der Waals surface area contributed by atoms with Crippen molar-refractivity contribution in [1.82, 2.24) is 15.1 Å². The van der Waals surface area contributed by atoms with Crippen molar-refractivity contribution < 1.29 is 9.90 Å². The largest absolute Gasteiger partial charge is 0.478 e. The van der Waals surface area contributed by atoms with E-state index in [2.05, 4.69) is 10.4 Å². The topological polar surface area (TPSA) is 67.2 Å². The number of nitrogens with one attached hydrogen (secondary N) is 1. The van der Waals surface area contributed by atoms with Crippen LogP contribution in [0.5, 0.6) is 0 Å². The summed E-state index contributed by atoms with van der Waals surface area (Å²) in [6.07, 6.45) is 1.96. The van der Waals surface area contributed by atoms with Gasteiger partial charge in [-0.1, -0.05) is 12.1 Å². The number of nitrogens with zero attached hydrogens (tertiary/aromatic N) is 2. The van der Waals surface area contributed by atoms with Gasteiger partial charge in [0.05, 0.1) is 11.3 Å². The Morgan fingerprint density at radius 3 is 2.50 bits per heavy atom. The number of carbonyl (C=O) groups is 1. The number of rotatable bonds is 6. The van der Waals surface area contributed by atoms with Gasteiger partial charge in [-0.2, -0.15) is 5.10 Å². The van der Waals surface area contributed by atoms with Gasteiger partial charge in [0.1, 0.15) is 0 Å². The third-order valence-electron chi connectivity index (χ3n) is 2.86. The number of aryl methyl sites for hydroxylation is 1. The summed E-state index contributed by atoms with van der Waals surface area (Å²) in [6, 6.07) is 8.86. The first-order valence-electron chi connectivity index (χ1n) is 6.24. The minimum Gasteiger partial charge on any atom is -0.478 e. The van der Waals surface area contributed by atoms with Gasteiger partial charge in [-0.05, 0) is 30.7 Å². The Hall–Kier alpha value is -1.85. The molecule has 0 unspecified atom stereocenters. The molecule has 6 heteroatoms. The van der Waals surface area contributed by atoms with Crippen molar-refractivity contribution >= 4 is 18.4 Å². The summed E-state index contributed by atoms with van der Waals surface area (Å²) in [4.78, 5) is 10.7. The fourth-order valence-electron chi connectivity index (χ4n) is 1.77. The number of halogens is 1. The van der Waals surface area contributed by atoms with Crippen LogP contribution in [0.15, 0.2) is 36.5 Å². The Morgan fingerprint density at radius 2 is 1.95 bits per heavy atom. The van der Waals surface area contributed by atoms with E-state index in [1.807, 2.05) is 36.0 Å². The Balaban J connectivity index is 0.00000200. The molecule has 0 saturated carbocycles. The second-order valence-corrected chi connectivity index (χ2v) is 4.27. The van der Waals surface area contributed by atoms with Gasteiger partial charge in [0.15, 0.2) is 0 Å². The zero-order valence-electron chi connectivity index (χ0n) is 11.2. The SMILES string of the molecule is CCn1ccc(CNCc2ccc(C(=O)O)cc2)n1.Cl. The lowest BCUT2D eigenvalue weighted by molar-refractivity contribution is 0.0697. The van der Waals surface area contributed by atoms with Crippen molar-refractivity contribution in [2.75, 3.05) is 0 Å². The van der Waals surface area contributed by atoms with E-state index in [0.29, 0.717) is 18.7 Å². The van der Waals surface area contributed by atoms with Crippen LogP contribution >= 0.6 is 12.4 Å². The summed E-state index contributed by atoms with van der Waals surface area (Å²) in [7, 11) is 0. The van der Waals surface area contributed by atoms with Gasteiger partial charge in [0.2, 0.25) is 0 Å². The molecule has 0 radical (unpaired) electrons. The quantitative estimate of drug-likeness (QED) is 0.858. The van der Waals surface area contributed by atoms with Crippen molar-refractivity contribution in [1.29, 1.82) is 0 Å². The van der Waals surface area contributed by atoms with Gasteiger partial charge < -0.3 is 10.4 Å². The molecular weight excluding hydrogens is 278 g/mol. The lowest BCUT2D eigenvalue weighted by atomic mass is 10.1. The summed E-state index contributed by atoms with van der Waals surface area (Å²) in [5, 5.41) is 16.5. The maximum absolute atomic E-state index is 10.7. The van der Waals surface area contributed by atoms with Crippen LogP contribution in [0.1, 0.15) is 28.5 Å². The van der Waals surface area contributed by atoms with Gasteiger partial charge in [0, 0.05) is 25.8 Å². The Kier molecular flexibility index (Phi) is 6.21. The highest BCUT2D eigenvalue weighted by Gasteiger charge is 2.02. The van der Waals surface area contributed by atoms with Crippen LogP contribution in [-0.2, 0) is 19.6 Å². The average molecular weight is 296 g/mol. The summed E-state index contributed by atoms with van der Waals surface area (Å²) < 4.78 is 1.89. The second-order valence-electron chi connectivity index (χ2n) is 4.27. The fourth-order valence-corrected chi connectivity index (χ4v) is 1.77. The molecule has 2 N–H and O–H groups in total. The molecule has 0 spiro atoms. The van der Waals surface area contributed by atoms with E-state index in [4.69, 9.17) is 5.11 Å². The number of aromatic carboxylic acids is 1. The lowest BCUT2D eigenvalue weighted by Gasteiger charge is -2.03. The maximum atomic E-state index is 10.7. The van der Waals surface area contributed by atoms with Gasteiger partial charge in [-0.3, -0.25) is 4.68 Å². The maximum Gasteiger partial charge on any atom is 0.335 e. The van der Waals surface area contributed by atoms with Crippen LogP contribution in [-0.4, -0.2) is 20.9 Å². The first kappa shape index (κ1) is 16.2. The molecule has 0 aliphatic carbocycles. The van der Waals surface area contributed by atoms with E-state index in [9.17, 15) is 4.79 Å². The Bertz CT molecular complexity index is 552. The molecule has 0 saturated heterocycles. The van der Waals surface area contributed by atoms with Crippen LogP contribution in [0.25, 0.3) is 0 Å². The first-order valence-corrected chi connectivity index (χ1v) is 6.24. The van der Waals surface area contributed by atoms with Crippen molar-refractivity contribution in [2.45, 2.75) is 26.6 Å². The molecule has 1 aromatic carbocycles. The highest BCUT2D eigenvalue weighted by molar-refractivity contribution is 5.87. The molecule has 0 fully saturated rings. The van der Waals surface area contributed by atoms with E-state index in [1.54, 1.807) is 12.1 Å². The standard InChI is InChI=1S/C14H17N3O2.ClH/c1-2-17-8-7-13(16-17)10-15-9-11-3-5-12(6-4-11)14(18)19;/h3-8,15H,2,9-10H2,1H3,(H,18,19);1H. The number of benzene rings is 1. The summed E-state index contributed by atoms with van der Waals surface area (Å²) in [5.41, 5.74) is 2.37. The molecular formula is C14H18ClN3O2. The average Bonchev–Trinajstić information content (AvgIpc) is 2.87. The molecule has 0 aliphatic heterocycles. The third kappa shape index (κ3) is 4.36. The number of hydrogen-bond acceptors (Lipinski definition) is 3. The van der Waals surface area contributed by atoms with Crippen LogP contribution in [0.3, 0.4) is 0 Å². The molecule has 5 nitrogen and oxygen atoms in total. The predicted octanol–water partition coefficient (Wildman–Crippen LogP) is 2.31. The molecule has 0 aliphatic rings. The van der Waals surface area contributed by atoms with Crippen molar-refractivity contribution in [2.24, 2.45) is 0 Å². The van der Waals surface area contributed by atoms with Gasteiger partial charge >= 0.3 is 5.97 Å². The van der Waals surface area contributed by atoms with E-state index >= 15 is 0 Å². The monoisotopic (exact) mass is 295 g/mol. The molecule has 108 valence electrons. The van der Waals surface area contributed by atoms with Crippen LogP contribution < -0.4 is 5.32 Å². The normalized spacial score (nSPS) is 10.1. The zero-order valence-corrected chi connectivity index (χ0v) is 12.1. The Morgan fingerprint density at radius 1 is 1.25 bits per heavy atom. The van der Waals surface area contributed by atoms with Crippen molar-refractivity contribution in [3.05, 3.63) is 53.3 Å². The van der Waals surface area contributed by atoms with E-state index < -0.39 is 5.97 Å². The van der Waals surface area contributed by atoms with E-state index in [0.717, 1.165) is 17.8 Å². The number of carboxylic acids is 1. The van der Waals surface area contributed by atoms with Crippen LogP contribution in [0.2, 0.25) is 0 Å². The lowest BCUT2D eigenvalue weighted by Crippen LogP contribution is -2.13. The van der Waals surface area contributed by atoms with Crippen LogP contribution in [0, 0.1) is 0 Å². The molecule has 2 aromatic rings. The molecule has 0 bridgehead atoms. The number of carboxylic acid groups (broad SMARTS) is 1. The zero-order chi connectivity index (χ0) is 13.7. The van der Waals surface area contributed by atoms with Crippen molar-refractivity contribution in [3.8, 4) is 0 Å². The highest BCUT2D eigenvalue weighted by Crippen LogP contribution is 2.04. The summed E-state index contributed by atoms with van der Waals surface area (Å²) in [5.74, 6) is -0.899. The van der Waals surface area contributed by atoms with E-state index in [1.165, 1.54) is 0 Å². The van der Waals surface area contributed by atoms with Crippen molar-refractivity contribution in [3.63, 3.8) is 0 Å². The van der Waals surface area contributed by atoms with Gasteiger partial charge in [-0.25, -0.2) is 4.79 Å². The number of aromatic nitrogens is 2. The Labute approximate surface area is 124 Å². The van der Waals surface area contributed by atoms with Gasteiger partial charge in [-0.15, -0.1) is 12.4 Å². The molecule has 1 aromatic heterocycles. The fraction of sp³-hybridized carbons (Fsp3) is 0.286. The number of hydrogen-bond donors (Lipinski definition) is 2. The minimum atomic E-state index is -0.899. The third-order valence-corrected chi connectivity index (χ3v) is 2.86. The second kappa shape index (κ2) is 7.67. The molecule has 2 rings (SSSR count). The first-order chi connectivity index (χ1) is 9.19. The predicted molar refractivity (Wildman–Crippen MR) is 79.1 cm³/mol. The highest BCUT2D eigenvalue weighted by atomic mass is 35.5. The summed E-state index contributed by atoms with van der Waals surface area (Å²) >= 11 is 0. The molecule has 0 amide bonds. The summed E-state index contributed by atoms with van der Waals surface area (Å²) in [6.45, 7) is 4.32. The molecule has 0 atom stereocenters.